The third kappa shape index (κ3) is 3.08. The molecule has 2 aromatic carbocycles. The Morgan fingerprint density at radius 3 is 2.60 bits per heavy atom. The number of carbonyl (C=O) groups is 1. The summed E-state index contributed by atoms with van der Waals surface area (Å²) in [7, 11) is 0. The zero-order chi connectivity index (χ0) is 14.5. The molecule has 0 radical (unpaired) electrons. The summed E-state index contributed by atoms with van der Waals surface area (Å²) in [6.07, 6.45) is 1.89. The van der Waals surface area contributed by atoms with Crippen LogP contribution in [0.3, 0.4) is 0 Å². The Kier molecular flexibility index (Phi) is 4.57. The van der Waals surface area contributed by atoms with Crippen LogP contribution in [-0.2, 0) is 0 Å². The number of carbonyl (C=O) groups excluding carboxylic acids is 1. The number of rotatable bonds is 5. The highest BCUT2D eigenvalue weighted by atomic mass is 16.5. The maximum absolute atomic E-state index is 11.2. The zero-order valence-corrected chi connectivity index (χ0v) is 12.2. The van der Waals surface area contributed by atoms with Crippen molar-refractivity contribution >= 4 is 6.29 Å². The number of hydrogen-bond donors (Lipinski definition) is 0. The first-order valence-electron chi connectivity index (χ1n) is 6.98. The molecule has 2 aromatic rings. The van der Waals surface area contributed by atoms with Gasteiger partial charge in [0.05, 0.1) is 5.56 Å². The first-order chi connectivity index (χ1) is 9.65. The van der Waals surface area contributed by atoms with Gasteiger partial charge < -0.3 is 4.74 Å². The second kappa shape index (κ2) is 6.38. The minimum atomic E-state index is 0.427. The Hall–Kier alpha value is -2.09. The molecule has 2 nitrogen and oxygen atoms in total. The molecule has 0 heterocycles. The van der Waals surface area contributed by atoms with Gasteiger partial charge in [-0.15, -0.1) is 0 Å². The monoisotopic (exact) mass is 268 g/mol. The van der Waals surface area contributed by atoms with Crippen molar-refractivity contribution in [1.82, 2.24) is 0 Å². The lowest BCUT2D eigenvalue weighted by molar-refractivity contribution is 0.112. The fraction of sp³-hybridized carbons (Fsp3) is 0.278. The first kappa shape index (κ1) is 14.3. The third-order valence-corrected chi connectivity index (χ3v) is 3.57. The van der Waals surface area contributed by atoms with E-state index in [0.29, 0.717) is 17.2 Å². The maximum Gasteiger partial charge on any atom is 0.153 e. The van der Waals surface area contributed by atoms with Crippen molar-refractivity contribution in [3.63, 3.8) is 0 Å². The van der Waals surface area contributed by atoms with Crippen molar-refractivity contribution in [3.05, 3.63) is 59.2 Å². The lowest BCUT2D eigenvalue weighted by atomic mass is 9.98. The number of para-hydroxylation sites is 1. The average Bonchev–Trinajstić information content (AvgIpc) is 2.48. The SMILES string of the molecule is CCC(C)c1ccccc1Oc1ccc(C)cc1C=O. The molecular weight excluding hydrogens is 248 g/mol. The molecule has 20 heavy (non-hydrogen) atoms. The Morgan fingerprint density at radius 1 is 1.15 bits per heavy atom. The third-order valence-electron chi connectivity index (χ3n) is 3.57. The number of ether oxygens (including phenoxy) is 1. The normalized spacial score (nSPS) is 11.9. The second-order valence-corrected chi connectivity index (χ2v) is 5.11. The molecule has 0 fully saturated rings. The molecule has 0 amide bonds. The van der Waals surface area contributed by atoms with Crippen LogP contribution in [0.2, 0.25) is 0 Å². The molecule has 0 aliphatic carbocycles. The molecule has 0 bridgehead atoms. The fourth-order valence-electron chi connectivity index (χ4n) is 2.17. The largest absolute Gasteiger partial charge is 0.456 e. The molecule has 2 heteroatoms. The Bertz CT molecular complexity index is 602. The minimum absolute atomic E-state index is 0.427. The Balaban J connectivity index is 2.37. The highest BCUT2D eigenvalue weighted by molar-refractivity contribution is 5.79. The first-order valence-corrected chi connectivity index (χ1v) is 6.98. The van der Waals surface area contributed by atoms with E-state index in [-0.39, 0.29) is 0 Å². The van der Waals surface area contributed by atoms with Gasteiger partial charge >= 0.3 is 0 Å². The summed E-state index contributed by atoms with van der Waals surface area (Å²) in [6.45, 7) is 6.30. The van der Waals surface area contributed by atoms with Crippen molar-refractivity contribution in [2.45, 2.75) is 33.1 Å². The van der Waals surface area contributed by atoms with E-state index in [2.05, 4.69) is 19.9 Å². The minimum Gasteiger partial charge on any atom is -0.456 e. The zero-order valence-electron chi connectivity index (χ0n) is 12.2. The molecule has 1 atom stereocenters. The van der Waals surface area contributed by atoms with E-state index < -0.39 is 0 Å². The summed E-state index contributed by atoms with van der Waals surface area (Å²) in [4.78, 5) is 11.2. The van der Waals surface area contributed by atoms with Gasteiger partial charge in [0, 0.05) is 0 Å². The number of aldehydes is 1. The molecule has 0 N–H and O–H groups in total. The summed E-state index contributed by atoms with van der Waals surface area (Å²) in [5.41, 5.74) is 2.81. The van der Waals surface area contributed by atoms with Crippen LogP contribution in [0.1, 0.15) is 47.7 Å². The van der Waals surface area contributed by atoms with E-state index in [1.54, 1.807) is 0 Å². The van der Waals surface area contributed by atoms with Crippen LogP contribution in [-0.4, -0.2) is 6.29 Å². The predicted octanol–water partition coefficient (Wildman–Crippen LogP) is 5.11. The van der Waals surface area contributed by atoms with E-state index in [1.165, 1.54) is 5.56 Å². The highest BCUT2D eigenvalue weighted by Crippen LogP contribution is 2.33. The lowest BCUT2D eigenvalue weighted by Crippen LogP contribution is -1.98. The number of benzene rings is 2. The van der Waals surface area contributed by atoms with Gasteiger partial charge in [0.15, 0.2) is 6.29 Å². The van der Waals surface area contributed by atoms with Gasteiger partial charge in [0.25, 0.3) is 0 Å². The molecule has 2 rings (SSSR count). The predicted molar refractivity (Wildman–Crippen MR) is 81.8 cm³/mol. The summed E-state index contributed by atoms with van der Waals surface area (Å²) in [6, 6.07) is 13.7. The fourth-order valence-corrected chi connectivity index (χ4v) is 2.17. The maximum atomic E-state index is 11.2. The summed E-state index contributed by atoms with van der Waals surface area (Å²) in [5, 5.41) is 0. The number of hydrogen-bond acceptors (Lipinski definition) is 2. The van der Waals surface area contributed by atoms with Gasteiger partial charge in [-0.3, -0.25) is 4.79 Å². The van der Waals surface area contributed by atoms with E-state index in [1.807, 2.05) is 43.3 Å². The van der Waals surface area contributed by atoms with Crippen molar-refractivity contribution in [2.75, 3.05) is 0 Å². The smallest absolute Gasteiger partial charge is 0.153 e. The quantitative estimate of drug-likeness (QED) is 0.704. The molecule has 0 saturated carbocycles. The lowest BCUT2D eigenvalue weighted by Gasteiger charge is -2.16. The van der Waals surface area contributed by atoms with Crippen LogP contribution in [0, 0.1) is 6.92 Å². The molecule has 0 aliphatic heterocycles. The van der Waals surface area contributed by atoms with E-state index in [4.69, 9.17) is 4.74 Å². The van der Waals surface area contributed by atoms with Crippen LogP contribution < -0.4 is 4.74 Å². The van der Waals surface area contributed by atoms with Crippen molar-refractivity contribution < 1.29 is 9.53 Å². The molecule has 104 valence electrons. The molecular formula is C18H20O2. The molecule has 0 aliphatic rings. The van der Waals surface area contributed by atoms with Gasteiger partial charge in [0.2, 0.25) is 0 Å². The Labute approximate surface area is 120 Å². The highest BCUT2D eigenvalue weighted by Gasteiger charge is 2.12. The molecule has 0 aromatic heterocycles. The summed E-state index contributed by atoms with van der Waals surface area (Å²) >= 11 is 0. The number of aryl methyl sites for hydroxylation is 1. The van der Waals surface area contributed by atoms with Crippen LogP contribution in [0.15, 0.2) is 42.5 Å². The molecule has 0 saturated heterocycles. The van der Waals surface area contributed by atoms with Crippen LogP contribution >= 0.6 is 0 Å². The second-order valence-electron chi connectivity index (χ2n) is 5.11. The standard InChI is InChI=1S/C18H20O2/c1-4-14(3)16-7-5-6-8-18(16)20-17-10-9-13(2)11-15(17)12-19/h5-12,14H,4H2,1-3H3. The van der Waals surface area contributed by atoms with E-state index >= 15 is 0 Å². The van der Waals surface area contributed by atoms with Gasteiger partial charge in [-0.1, -0.05) is 43.7 Å². The van der Waals surface area contributed by atoms with Gasteiger partial charge in [0.1, 0.15) is 11.5 Å². The van der Waals surface area contributed by atoms with Crippen molar-refractivity contribution in [1.29, 1.82) is 0 Å². The van der Waals surface area contributed by atoms with E-state index in [9.17, 15) is 4.79 Å². The van der Waals surface area contributed by atoms with Crippen LogP contribution in [0.4, 0.5) is 0 Å². The van der Waals surface area contributed by atoms with Gasteiger partial charge in [-0.25, -0.2) is 0 Å². The molecule has 1 unspecified atom stereocenters. The van der Waals surface area contributed by atoms with Crippen LogP contribution in [0.25, 0.3) is 0 Å². The van der Waals surface area contributed by atoms with Gasteiger partial charge in [-0.05, 0) is 43.0 Å². The summed E-state index contributed by atoms with van der Waals surface area (Å²) in [5.74, 6) is 1.87. The van der Waals surface area contributed by atoms with Crippen molar-refractivity contribution in [2.24, 2.45) is 0 Å². The van der Waals surface area contributed by atoms with E-state index in [0.717, 1.165) is 24.0 Å². The average molecular weight is 268 g/mol. The molecule has 0 spiro atoms. The van der Waals surface area contributed by atoms with Crippen molar-refractivity contribution in [3.8, 4) is 11.5 Å². The summed E-state index contributed by atoms with van der Waals surface area (Å²) < 4.78 is 5.98. The van der Waals surface area contributed by atoms with Crippen LogP contribution in [0.5, 0.6) is 11.5 Å². The topological polar surface area (TPSA) is 26.3 Å². The Morgan fingerprint density at radius 2 is 1.90 bits per heavy atom. The van der Waals surface area contributed by atoms with Gasteiger partial charge in [-0.2, -0.15) is 0 Å².